The molecule has 0 radical (unpaired) electrons. The van der Waals surface area contributed by atoms with Gasteiger partial charge in [-0.25, -0.2) is 9.13 Å². The molecular weight excluding hydrogens is 502 g/mol. The number of para-hydroxylation sites is 2. The number of phosphoric acid groups is 2. The zero-order valence-corrected chi connectivity index (χ0v) is 20.9. The van der Waals surface area contributed by atoms with Gasteiger partial charge in [-0.3, -0.25) is 18.8 Å². The van der Waals surface area contributed by atoms with Gasteiger partial charge in [0.05, 0.1) is 13.2 Å². The molecule has 0 aliphatic rings. The summed E-state index contributed by atoms with van der Waals surface area (Å²) in [5.74, 6) is 12.1. The SMILES string of the molecule is O=P(O)(OCCC#Cc1cccc(C#CCCOP(=O)(O)Oc2ccccc2)c1)Oc1ccccc1. The molecule has 0 aromatic heterocycles. The van der Waals surface area contributed by atoms with E-state index in [1.54, 1.807) is 84.9 Å². The Kier molecular flexibility index (Phi) is 10.4. The fraction of sp³-hybridized carbons (Fsp3) is 0.154. The maximum Gasteiger partial charge on any atom is 0.527 e. The molecule has 2 atom stereocenters. The van der Waals surface area contributed by atoms with Crippen LogP contribution in [0.15, 0.2) is 84.9 Å². The van der Waals surface area contributed by atoms with E-state index in [0.717, 1.165) is 0 Å². The van der Waals surface area contributed by atoms with Crippen molar-refractivity contribution >= 4 is 15.6 Å². The lowest BCUT2D eigenvalue weighted by Crippen LogP contribution is -1.98. The van der Waals surface area contributed by atoms with Crippen LogP contribution in [0.4, 0.5) is 0 Å². The Balaban J connectivity index is 1.41. The van der Waals surface area contributed by atoms with Gasteiger partial charge in [0.1, 0.15) is 11.5 Å². The molecule has 36 heavy (non-hydrogen) atoms. The minimum atomic E-state index is -4.22. The van der Waals surface area contributed by atoms with Crippen molar-refractivity contribution in [3.05, 3.63) is 96.1 Å². The molecule has 186 valence electrons. The second-order valence-electron chi connectivity index (χ2n) is 7.10. The van der Waals surface area contributed by atoms with Gasteiger partial charge >= 0.3 is 15.6 Å². The number of hydrogen-bond donors (Lipinski definition) is 2. The first kappa shape index (κ1) is 27.3. The van der Waals surface area contributed by atoms with Gasteiger partial charge in [-0.2, -0.15) is 0 Å². The Morgan fingerprint density at radius 2 is 1.03 bits per heavy atom. The van der Waals surface area contributed by atoms with Crippen LogP contribution in [0.2, 0.25) is 0 Å². The molecule has 0 aliphatic carbocycles. The average molecular weight is 526 g/mol. The first-order valence-corrected chi connectivity index (χ1v) is 13.8. The van der Waals surface area contributed by atoms with Crippen molar-refractivity contribution in [2.24, 2.45) is 0 Å². The molecule has 0 aliphatic heterocycles. The van der Waals surface area contributed by atoms with E-state index < -0.39 is 15.6 Å². The Bertz CT molecular complexity index is 1240. The van der Waals surface area contributed by atoms with Crippen LogP contribution >= 0.6 is 15.6 Å². The molecule has 0 saturated heterocycles. The zero-order chi connectivity index (χ0) is 25.7. The maximum atomic E-state index is 11.9. The van der Waals surface area contributed by atoms with Gasteiger partial charge in [0, 0.05) is 24.0 Å². The number of benzene rings is 3. The minimum absolute atomic E-state index is 0.0736. The van der Waals surface area contributed by atoms with E-state index in [9.17, 15) is 18.9 Å². The van der Waals surface area contributed by atoms with Crippen molar-refractivity contribution in [1.82, 2.24) is 0 Å². The van der Waals surface area contributed by atoms with Gasteiger partial charge in [-0.1, -0.05) is 66.1 Å². The maximum absolute atomic E-state index is 11.9. The second kappa shape index (κ2) is 13.7. The third-order valence-electron chi connectivity index (χ3n) is 4.22. The fourth-order valence-corrected chi connectivity index (χ4v) is 4.24. The first-order chi connectivity index (χ1) is 17.3. The smallest absolute Gasteiger partial charge is 0.404 e. The molecule has 3 rings (SSSR count). The van der Waals surface area contributed by atoms with Crippen molar-refractivity contribution in [3.8, 4) is 35.2 Å². The molecular formula is C26H24O8P2. The monoisotopic (exact) mass is 526 g/mol. The van der Waals surface area contributed by atoms with Crippen molar-refractivity contribution < 1.29 is 37.0 Å². The highest BCUT2D eigenvalue weighted by atomic mass is 31.2. The largest absolute Gasteiger partial charge is 0.527 e. The van der Waals surface area contributed by atoms with E-state index in [4.69, 9.17) is 18.1 Å². The Labute approximate surface area is 210 Å². The van der Waals surface area contributed by atoms with Crippen LogP contribution in [0.25, 0.3) is 0 Å². The molecule has 0 saturated carbocycles. The van der Waals surface area contributed by atoms with Gasteiger partial charge in [0.2, 0.25) is 0 Å². The Morgan fingerprint density at radius 1 is 0.611 bits per heavy atom. The van der Waals surface area contributed by atoms with Crippen molar-refractivity contribution in [1.29, 1.82) is 0 Å². The van der Waals surface area contributed by atoms with E-state index in [1.807, 2.05) is 0 Å². The van der Waals surface area contributed by atoms with E-state index in [0.29, 0.717) is 11.1 Å². The molecule has 0 fully saturated rings. The molecule has 3 aromatic carbocycles. The average Bonchev–Trinajstić information content (AvgIpc) is 2.84. The Morgan fingerprint density at radius 3 is 1.44 bits per heavy atom. The standard InChI is InChI=1S/C26H24O8P2/c27-35(28,33-25-16-3-1-4-17-25)31-20-9-7-12-23-14-11-15-24(22-23)13-8-10-21-32-36(29,30)34-26-18-5-2-6-19-26/h1-6,11,14-19,22H,9-10,20-21H2,(H,27,28)(H,29,30). The van der Waals surface area contributed by atoms with Gasteiger partial charge in [-0.05, 0) is 42.5 Å². The summed E-state index contributed by atoms with van der Waals surface area (Å²) in [4.78, 5) is 19.5. The summed E-state index contributed by atoms with van der Waals surface area (Å²) in [6, 6.07) is 23.7. The van der Waals surface area contributed by atoms with E-state index in [-0.39, 0.29) is 37.6 Å². The van der Waals surface area contributed by atoms with Gasteiger partial charge in [0.15, 0.2) is 0 Å². The predicted molar refractivity (Wildman–Crippen MR) is 135 cm³/mol. The zero-order valence-electron chi connectivity index (χ0n) is 19.1. The van der Waals surface area contributed by atoms with Crippen LogP contribution < -0.4 is 9.05 Å². The summed E-state index contributed by atoms with van der Waals surface area (Å²) in [6.45, 7) is -0.147. The second-order valence-corrected chi connectivity index (χ2v) is 9.85. The van der Waals surface area contributed by atoms with Crippen LogP contribution in [0.3, 0.4) is 0 Å². The molecule has 0 heterocycles. The molecule has 2 unspecified atom stereocenters. The van der Waals surface area contributed by atoms with E-state index >= 15 is 0 Å². The molecule has 0 bridgehead atoms. The summed E-state index contributed by atoms with van der Waals surface area (Å²) in [6.07, 6.45) is 0.449. The molecule has 2 N–H and O–H groups in total. The van der Waals surface area contributed by atoms with Crippen LogP contribution in [-0.4, -0.2) is 23.0 Å². The highest BCUT2D eigenvalue weighted by molar-refractivity contribution is 7.48. The molecule has 8 nitrogen and oxygen atoms in total. The van der Waals surface area contributed by atoms with Crippen LogP contribution in [0.1, 0.15) is 24.0 Å². The van der Waals surface area contributed by atoms with Crippen molar-refractivity contribution in [2.45, 2.75) is 12.8 Å². The highest BCUT2D eigenvalue weighted by Gasteiger charge is 2.23. The minimum Gasteiger partial charge on any atom is -0.404 e. The topological polar surface area (TPSA) is 112 Å². The molecule has 0 spiro atoms. The van der Waals surface area contributed by atoms with Crippen LogP contribution in [0, 0.1) is 23.7 Å². The summed E-state index contributed by atoms with van der Waals surface area (Å²) in [5.41, 5.74) is 1.42. The van der Waals surface area contributed by atoms with Gasteiger partial charge in [0.25, 0.3) is 0 Å². The molecule has 10 heteroatoms. The summed E-state index contributed by atoms with van der Waals surface area (Å²) >= 11 is 0. The number of rotatable bonds is 10. The highest BCUT2D eigenvalue weighted by Crippen LogP contribution is 2.44. The van der Waals surface area contributed by atoms with Gasteiger partial charge < -0.3 is 9.05 Å². The summed E-state index contributed by atoms with van der Waals surface area (Å²) in [7, 11) is -8.44. The lowest BCUT2D eigenvalue weighted by Gasteiger charge is -2.11. The van der Waals surface area contributed by atoms with Crippen molar-refractivity contribution in [2.75, 3.05) is 13.2 Å². The fourth-order valence-electron chi connectivity index (χ4n) is 2.71. The summed E-state index contributed by atoms with van der Waals surface area (Å²) in [5, 5.41) is 0. The molecule has 3 aromatic rings. The van der Waals surface area contributed by atoms with E-state index in [2.05, 4.69) is 23.7 Å². The third kappa shape index (κ3) is 10.5. The lowest BCUT2D eigenvalue weighted by atomic mass is 10.1. The van der Waals surface area contributed by atoms with Crippen LogP contribution in [-0.2, 0) is 18.2 Å². The van der Waals surface area contributed by atoms with Gasteiger partial charge in [-0.15, -0.1) is 0 Å². The quantitative estimate of drug-likeness (QED) is 0.201. The number of hydrogen-bond acceptors (Lipinski definition) is 6. The predicted octanol–water partition coefficient (Wildman–Crippen LogP) is 5.56. The number of phosphoric ester groups is 2. The lowest BCUT2D eigenvalue weighted by molar-refractivity contribution is 0.206. The Hall–Kier alpha value is -3.32. The normalized spacial score (nSPS) is 13.6. The van der Waals surface area contributed by atoms with E-state index in [1.165, 1.54) is 0 Å². The third-order valence-corrected chi connectivity index (χ3v) is 6.12. The molecule has 0 amide bonds. The van der Waals surface area contributed by atoms with Crippen LogP contribution in [0.5, 0.6) is 11.5 Å². The van der Waals surface area contributed by atoms with Crippen molar-refractivity contribution in [3.63, 3.8) is 0 Å². The first-order valence-electron chi connectivity index (χ1n) is 10.8. The summed E-state index contributed by atoms with van der Waals surface area (Å²) < 4.78 is 43.7.